The molecule has 2 rings (SSSR count). The molecule has 1 atom stereocenters. The van der Waals surface area contributed by atoms with Crippen molar-refractivity contribution in [3.63, 3.8) is 0 Å². The summed E-state index contributed by atoms with van der Waals surface area (Å²) in [4.78, 5) is 13.8. The highest BCUT2D eigenvalue weighted by molar-refractivity contribution is 8.22. The van der Waals surface area contributed by atoms with Crippen LogP contribution in [0.25, 0.3) is 0 Å². The summed E-state index contributed by atoms with van der Waals surface area (Å²) in [7, 11) is 0. The lowest BCUT2D eigenvalue weighted by molar-refractivity contribution is -0.113. The standard InChI is InChI=1S/C19H26OS3/c1-2-3-4-6-10-16(15-18-21-13-9-14-22-18)19(20)23-17-11-7-5-8-12-17/h5,7-8,11-12,15-16H,2-4,6,9-10,13-14H2,1H3. The number of carbonyl (C=O) groups excluding carboxylic acids is 1. The van der Waals surface area contributed by atoms with Gasteiger partial charge in [0, 0.05) is 15.1 Å². The van der Waals surface area contributed by atoms with Gasteiger partial charge in [-0.2, -0.15) is 0 Å². The van der Waals surface area contributed by atoms with Crippen LogP contribution in [0.5, 0.6) is 0 Å². The van der Waals surface area contributed by atoms with E-state index in [-0.39, 0.29) is 5.92 Å². The molecule has 0 spiro atoms. The molecule has 0 radical (unpaired) electrons. The van der Waals surface area contributed by atoms with Crippen LogP contribution in [0.2, 0.25) is 0 Å². The molecule has 0 bridgehead atoms. The molecular formula is C19H26OS3. The third kappa shape index (κ3) is 7.40. The monoisotopic (exact) mass is 366 g/mol. The number of benzene rings is 1. The number of thioether (sulfide) groups is 3. The van der Waals surface area contributed by atoms with Crippen molar-refractivity contribution in [1.29, 1.82) is 0 Å². The number of rotatable bonds is 8. The summed E-state index contributed by atoms with van der Waals surface area (Å²) < 4.78 is 1.36. The van der Waals surface area contributed by atoms with Crippen LogP contribution in [0.15, 0.2) is 45.5 Å². The molecule has 1 fully saturated rings. The highest BCUT2D eigenvalue weighted by Crippen LogP contribution is 2.37. The van der Waals surface area contributed by atoms with Gasteiger partial charge in [0.2, 0.25) is 5.12 Å². The zero-order valence-electron chi connectivity index (χ0n) is 13.8. The van der Waals surface area contributed by atoms with Gasteiger partial charge in [0.15, 0.2) is 0 Å². The molecular weight excluding hydrogens is 340 g/mol. The van der Waals surface area contributed by atoms with Crippen LogP contribution >= 0.6 is 35.3 Å². The topological polar surface area (TPSA) is 17.1 Å². The minimum atomic E-state index is 0.0603. The van der Waals surface area contributed by atoms with E-state index in [9.17, 15) is 4.79 Å². The predicted octanol–water partition coefficient (Wildman–Crippen LogP) is 6.60. The van der Waals surface area contributed by atoms with Crippen molar-refractivity contribution in [2.75, 3.05) is 11.5 Å². The second-order valence-electron chi connectivity index (χ2n) is 5.73. The summed E-state index contributed by atoms with van der Waals surface area (Å²) in [6.07, 6.45) is 9.41. The van der Waals surface area contributed by atoms with E-state index in [0.717, 1.165) is 17.7 Å². The number of hydrogen-bond donors (Lipinski definition) is 0. The first-order valence-electron chi connectivity index (χ1n) is 8.53. The molecule has 1 aromatic rings. The van der Waals surface area contributed by atoms with Crippen LogP contribution in [0.3, 0.4) is 0 Å². The van der Waals surface area contributed by atoms with Crippen molar-refractivity contribution < 1.29 is 4.79 Å². The average molecular weight is 367 g/mol. The fourth-order valence-corrected chi connectivity index (χ4v) is 5.83. The lowest BCUT2D eigenvalue weighted by Crippen LogP contribution is -2.09. The normalized spacial score (nSPS) is 16.1. The fourth-order valence-electron chi connectivity index (χ4n) is 2.45. The summed E-state index contributed by atoms with van der Waals surface area (Å²) in [5, 5.41) is 0.298. The molecule has 1 aromatic carbocycles. The molecule has 1 unspecified atom stereocenters. The quantitative estimate of drug-likeness (QED) is 0.380. The van der Waals surface area contributed by atoms with Crippen LogP contribution in [-0.2, 0) is 4.79 Å². The number of allylic oxidation sites excluding steroid dienone is 1. The Morgan fingerprint density at radius 3 is 2.61 bits per heavy atom. The van der Waals surface area contributed by atoms with E-state index in [2.05, 4.69) is 13.0 Å². The van der Waals surface area contributed by atoms with Crippen LogP contribution in [0.1, 0.15) is 45.4 Å². The Morgan fingerprint density at radius 2 is 1.91 bits per heavy atom. The van der Waals surface area contributed by atoms with E-state index in [1.54, 1.807) is 0 Å². The van der Waals surface area contributed by atoms with Crippen LogP contribution < -0.4 is 0 Å². The Kier molecular flexibility index (Phi) is 9.32. The second kappa shape index (κ2) is 11.3. The summed E-state index contributed by atoms with van der Waals surface area (Å²) in [5.41, 5.74) is 0. The Hall–Kier alpha value is -0.320. The first-order chi connectivity index (χ1) is 11.3. The van der Waals surface area contributed by atoms with Crippen molar-refractivity contribution >= 4 is 40.4 Å². The Labute approximate surface area is 153 Å². The van der Waals surface area contributed by atoms with Gasteiger partial charge in [0.25, 0.3) is 0 Å². The van der Waals surface area contributed by atoms with E-state index in [4.69, 9.17) is 0 Å². The number of unbranched alkanes of at least 4 members (excludes halogenated alkanes) is 3. The third-order valence-electron chi connectivity index (χ3n) is 3.75. The van der Waals surface area contributed by atoms with E-state index in [0.29, 0.717) is 5.12 Å². The van der Waals surface area contributed by atoms with Crippen LogP contribution in [0.4, 0.5) is 0 Å². The largest absolute Gasteiger partial charge is 0.286 e. The molecule has 1 aliphatic rings. The molecule has 1 nitrogen and oxygen atoms in total. The SMILES string of the molecule is CCCCCCC(C=C1SCCCS1)C(=O)Sc1ccccc1. The van der Waals surface area contributed by atoms with Crippen LogP contribution in [0, 0.1) is 5.92 Å². The smallest absolute Gasteiger partial charge is 0.200 e. The minimum Gasteiger partial charge on any atom is -0.286 e. The molecule has 1 saturated heterocycles. The van der Waals surface area contributed by atoms with Crippen molar-refractivity contribution in [1.82, 2.24) is 0 Å². The molecule has 1 heterocycles. The molecule has 0 amide bonds. The van der Waals surface area contributed by atoms with E-state index < -0.39 is 0 Å². The summed E-state index contributed by atoms with van der Waals surface area (Å²) in [6.45, 7) is 2.23. The van der Waals surface area contributed by atoms with Gasteiger partial charge in [-0.15, -0.1) is 23.5 Å². The predicted molar refractivity (Wildman–Crippen MR) is 107 cm³/mol. The summed E-state index contributed by atoms with van der Waals surface area (Å²) >= 11 is 5.25. The maximum absolute atomic E-state index is 12.7. The van der Waals surface area contributed by atoms with Crippen molar-refractivity contribution in [3.05, 3.63) is 40.6 Å². The van der Waals surface area contributed by atoms with Crippen LogP contribution in [-0.4, -0.2) is 16.6 Å². The lowest BCUT2D eigenvalue weighted by atomic mass is 10.0. The van der Waals surface area contributed by atoms with Gasteiger partial charge in [-0.3, -0.25) is 4.79 Å². The van der Waals surface area contributed by atoms with Gasteiger partial charge in [-0.05, 0) is 36.5 Å². The van der Waals surface area contributed by atoms with Crippen molar-refractivity contribution in [2.24, 2.45) is 5.92 Å². The molecule has 126 valence electrons. The van der Waals surface area contributed by atoms with E-state index >= 15 is 0 Å². The zero-order chi connectivity index (χ0) is 16.3. The van der Waals surface area contributed by atoms with Gasteiger partial charge in [0.1, 0.15) is 0 Å². The van der Waals surface area contributed by atoms with Gasteiger partial charge in [-0.1, -0.05) is 68.6 Å². The van der Waals surface area contributed by atoms with Gasteiger partial charge in [-0.25, -0.2) is 0 Å². The fraction of sp³-hybridized carbons (Fsp3) is 0.526. The maximum atomic E-state index is 12.7. The summed E-state index contributed by atoms with van der Waals surface area (Å²) in [6, 6.07) is 10.0. The Morgan fingerprint density at radius 1 is 1.17 bits per heavy atom. The first kappa shape index (κ1) is 19.0. The van der Waals surface area contributed by atoms with Gasteiger partial charge >= 0.3 is 0 Å². The average Bonchev–Trinajstić information content (AvgIpc) is 2.59. The first-order valence-corrected chi connectivity index (χ1v) is 11.3. The summed E-state index contributed by atoms with van der Waals surface area (Å²) in [5.74, 6) is 2.45. The third-order valence-corrected chi connectivity index (χ3v) is 7.29. The van der Waals surface area contributed by atoms with Crippen molar-refractivity contribution in [2.45, 2.75) is 50.3 Å². The van der Waals surface area contributed by atoms with Crippen molar-refractivity contribution in [3.8, 4) is 0 Å². The van der Waals surface area contributed by atoms with Gasteiger partial charge < -0.3 is 0 Å². The second-order valence-corrected chi connectivity index (χ2v) is 9.34. The molecule has 1 aliphatic heterocycles. The number of hydrogen-bond acceptors (Lipinski definition) is 4. The van der Waals surface area contributed by atoms with Gasteiger partial charge in [0.05, 0.1) is 0 Å². The Bertz CT molecular complexity index is 491. The molecule has 0 aliphatic carbocycles. The number of carbonyl (C=O) groups is 1. The minimum absolute atomic E-state index is 0.0603. The van der Waals surface area contributed by atoms with E-state index in [1.807, 2.05) is 53.9 Å². The molecule has 0 N–H and O–H groups in total. The zero-order valence-corrected chi connectivity index (χ0v) is 16.3. The van der Waals surface area contributed by atoms with E-state index in [1.165, 1.54) is 53.2 Å². The molecule has 4 heteroatoms. The highest BCUT2D eigenvalue weighted by Gasteiger charge is 2.19. The molecule has 23 heavy (non-hydrogen) atoms. The Balaban J connectivity index is 1.97. The molecule has 0 saturated carbocycles. The molecule has 0 aromatic heterocycles. The lowest BCUT2D eigenvalue weighted by Gasteiger charge is -2.17. The maximum Gasteiger partial charge on any atom is 0.200 e. The highest BCUT2D eigenvalue weighted by atomic mass is 32.2.